The van der Waals surface area contributed by atoms with Crippen LogP contribution < -0.4 is 11.1 Å². The number of carbonyl (C=O) groups excluding carboxylic acids is 2. The highest BCUT2D eigenvalue weighted by Crippen LogP contribution is 2.32. The van der Waals surface area contributed by atoms with Gasteiger partial charge in [0, 0.05) is 11.7 Å². The fourth-order valence-electron chi connectivity index (χ4n) is 3.11. The lowest BCUT2D eigenvalue weighted by atomic mass is 9.74. The second-order valence-corrected chi connectivity index (χ2v) is 7.25. The molecule has 2 unspecified atom stereocenters. The predicted octanol–water partition coefficient (Wildman–Crippen LogP) is 2.45. The van der Waals surface area contributed by atoms with E-state index in [1.165, 1.54) is 10.9 Å². The van der Waals surface area contributed by atoms with Crippen LogP contribution >= 0.6 is 12.4 Å². The third-order valence-corrected chi connectivity index (χ3v) is 4.77. The number of anilines is 1. The number of aromatic nitrogens is 2. The number of ether oxygens (including phenoxy) is 1. The van der Waals surface area contributed by atoms with E-state index in [0.29, 0.717) is 12.3 Å². The molecule has 25 heavy (non-hydrogen) atoms. The van der Waals surface area contributed by atoms with E-state index < -0.39 is 11.1 Å². The SMILES string of the molecule is CCOC(=O)C(C)(C)n1cc(NC(=O)C2CCCCC2(C)N)cn1.Cl. The van der Waals surface area contributed by atoms with Gasteiger partial charge in [0.15, 0.2) is 5.54 Å². The molecule has 1 aromatic heterocycles. The van der Waals surface area contributed by atoms with Crippen molar-refractivity contribution in [2.75, 3.05) is 11.9 Å². The Bertz CT molecular complexity index is 613. The molecular weight excluding hydrogens is 344 g/mol. The lowest BCUT2D eigenvalue weighted by Crippen LogP contribution is -2.51. The number of nitrogens with two attached hydrogens (primary N) is 1. The van der Waals surface area contributed by atoms with Gasteiger partial charge in [-0.3, -0.25) is 9.48 Å². The number of nitrogens with one attached hydrogen (secondary N) is 1. The molecule has 1 aliphatic rings. The highest BCUT2D eigenvalue weighted by molar-refractivity contribution is 5.93. The molecule has 0 radical (unpaired) electrons. The van der Waals surface area contributed by atoms with Crippen LogP contribution in [0.25, 0.3) is 0 Å². The van der Waals surface area contributed by atoms with Crippen molar-refractivity contribution in [1.29, 1.82) is 0 Å². The van der Waals surface area contributed by atoms with E-state index in [1.54, 1.807) is 27.0 Å². The molecular formula is C17H29ClN4O3. The Balaban J connectivity index is 0.00000312. The van der Waals surface area contributed by atoms with E-state index in [1.807, 2.05) is 6.92 Å². The van der Waals surface area contributed by atoms with Gasteiger partial charge >= 0.3 is 5.97 Å². The molecule has 1 saturated carbocycles. The Kier molecular flexibility index (Phi) is 7.02. The summed E-state index contributed by atoms with van der Waals surface area (Å²) in [5.74, 6) is -0.673. The number of amides is 1. The minimum atomic E-state index is -0.938. The standard InChI is InChI=1S/C17H28N4O3.ClH/c1-5-24-15(23)16(2,3)21-11-12(10-19-21)20-14(22)13-8-6-7-9-17(13,4)18;/h10-11,13H,5-9,18H2,1-4H3,(H,20,22);1H. The number of hydrogen-bond donors (Lipinski definition) is 2. The number of hydrogen-bond acceptors (Lipinski definition) is 5. The molecule has 0 saturated heterocycles. The molecule has 1 aliphatic carbocycles. The first-order chi connectivity index (χ1) is 11.2. The van der Waals surface area contributed by atoms with Gasteiger partial charge in [-0.1, -0.05) is 12.8 Å². The van der Waals surface area contributed by atoms with Crippen LogP contribution in [0.1, 0.15) is 53.4 Å². The summed E-state index contributed by atoms with van der Waals surface area (Å²) in [7, 11) is 0. The fraction of sp³-hybridized carbons (Fsp3) is 0.706. The van der Waals surface area contributed by atoms with E-state index in [4.69, 9.17) is 10.5 Å². The number of carbonyl (C=O) groups is 2. The van der Waals surface area contributed by atoms with Gasteiger partial charge in [0.2, 0.25) is 5.91 Å². The first-order valence-electron chi connectivity index (χ1n) is 8.50. The maximum absolute atomic E-state index is 12.6. The molecule has 1 amide bonds. The molecule has 0 aliphatic heterocycles. The van der Waals surface area contributed by atoms with Gasteiger partial charge in [-0.25, -0.2) is 4.79 Å². The monoisotopic (exact) mass is 372 g/mol. The number of esters is 1. The summed E-state index contributed by atoms with van der Waals surface area (Å²) in [6.45, 7) is 7.45. The second-order valence-electron chi connectivity index (χ2n) is 7.25. The molecule has 0 bridgehead atoms. The lowest BCUT2D eigenvalue weighted by Gasteiger charge is -2.37. The highest BCUT2D eigenvalue weighted by Gasteiger charge is 2.38. The molecule has 2 atom stereocenters. The van der Waals surface area contributed by atoms with E-state index in [0.717, 1.165) is 25.7 Å². The maximum Gasteiger partial charge on any atom is 0.333 e. The van der Waals surface area contributed by atoms with Gasteiger partial charge in [0.05, 0.1) is 24.4 Å². The van der Waals surface area contributed by atoms with Crippen LogP contribution in [0.4, 0.5) is 5.69 Å². The zero-order valence-electron chi connectivity index (χ0n) is 15.4. The predicted molar refractivity (Wildman–Crippen MR) is 98.6 cm³/mol. The van der Waals surface area contributed by atoms with Gasteiger partial charge in [0.1, 0.15) is 0 Å². The fourth-order valence-corrected chi connectivity index (χ4v) is 3.11. The van der Waals surface area contributed by atoms with Crippen LogP contribution in [0.3, 0.4) is 0 Å². The Hall–Kier alpha value is -1.60. The average molecular weight is 373 g/mol. The minimum absolute atomic E-state index is 0. The van der Waals surface area contributed by atoms with Gasteiger partial charge in [-0.2, -0.15) is 5.10 Å². The van der Waals surface area contributed by atoms with Gasteiger partial charge in [-0.15, -0.1) is 12.4 Å². The minimum Gasteiger partial charge on any atom is -0.464 e. The highest BCUT2D eigenvalue weighted by atomic mass is 35.5. The van der Waals surface area contributed by atoms with Crippen LogP contribution in [0.15, 0.2) is 12.4 Å². The van der Waals surface area contributed by atoms with Gasteiger partial charge in [0.25, 0.3) is 0 Å². The molecule has 1 heterocycles. The van der Waals surface area contributed by atoms with Crippen molar-refractivity contribution >= 4 is 30.0 Å². The zero-order chi connectivity index (χ0) is 18.0. The van der Waals surface area contributed by atoms with E-state index in [-0.39, 0.29) is 30.2 Å². The first-order valence-corrected chi connectivity index (χ1v) is 8.50. The molecule has 7 nitrogen and oxygen atoms in total. The molecule has 0 spiro atoms. The van der Waals surface area contributed by atoms with Crippen molar-refractivity contribution in [2.24, 2.45) is 11.7 Å². The van der Waals surface area contributed by atoms with Gasteiger partial charge in [-0.05, 0) is 40.5 Å². The number of rotatable bonds is 5. The average Bonchev–Trinajstić information content (AvgIpc) is 2.96. The maximum atomic E-state index is 12.6. The molecule has 0 aromatic carbocycles. The van der Waals surface area contributed by atoms with E-state index in [9.17, 15) is 9.59 Å². The second kappa shape index (κ2) is 8.19. The topological polar surface area (TPSA) is 99.2 Å². The summed E-state index contributed by atoms with van der Waals surface area (Å²) in [6, 6.07) is 0. The summed E-state index contributed by atoms with van der Waals surface area (Å²) >= 11 is 0. The first kappa shape index (κ1) is 21.4. The third kappa shape index (κ3) is 4.73. The Morgan fingerprint density at radius 3 is 2.76 bits per heavy atom. The largest absolute Gasteiger partial charge is 0.464 e. The van der Waals surface area contributed by atoms with Crippen molar-refractivity contribution in [1.82, 2.24) is 9.78 Å². The van der Waals surface area contributed by atoms with Crippen LogP contribution in [0.2, 0.25) is 0 Å². The Morgan fingerprint density at radius 2 is 2.16 bits per heavy atom. The molecule has 1 fully saturated rings. The summed E-state index contributed by atoms with van der Waals surface area (Å²) in [5.41, 5.74) is 5.41. The zero-order valence-corrected chi connectivity index (χ0v) is 16.2. The van der Waals surface area contributed by atoms with Crippen LogP contribution in [-0.4, -0.2) is 33.8 Å². The molecule has 2 rings (SSSR count). The number of nitrogens with zero attached hydrogens (tertiary/aromatic N) is 2. The molecule has 1 aromatic rings. The van der Waals surface area contributed by atoms with Gasteiger partial charge < -0.3 is 15.8 Å². The molecule has 142 valence electrons. The smallest absolute Gasteiger partial charge is 0.333 e. The lowest BCUT2D eigenvalue weighted by molar-refractivity contribution is -0.152. The summed E-state index contributed by atoms with van der Waals surface area (Å²) in [5, 5.41) is 7.07. The van der Waals surface area contributed by atoms with Crippen LogP contribution in [0, 0.1) is 5.92 Å². The quantitative estimate of drug-likeness (QED) is 0.773. The van der Waals surface area contributed by atoms with Crippen LogP contribution in [0.5, 0.6) is 0 Å². The summed E-state index contributed by atoms with van der Waals surface area (Å²) in [4.78, 5) is 24.6. The van der Waals surface area contributed by atoms with Crippen molar-refractivity contribution < 1.29 is 14.3 Å². The molecule has 8 heteroatoms. The Labute approximate surface area is 155 Å². The van der Waals surface area contributed by atoms with Crippen LogP contribution in [-0.2, 0) is 19.9 Å². The molecule has 3 N–H and O–H groups in total. The Morgan fingerprint density at radius 1 is 1.48 bits per heavy atom. The van der Waals surface area contributed by atoms with Crippen molar-refractivity contribution in [2.45, 2.75) is 64.5 Å². The summed E-state index contributed by atoms with van der Waals surface area (Å²) in [6.07, 6.45) is 6.89. The normalized spacial score (nSPS) is 23.5. The third-order valence-electron chi connectivity index (χ3n) is 4.77. The van der Waals surface area contributed by atoms with E-state index >= 15 is 0 Å². The number of halogens is 1. The summed E-state index contributed by atoms with van der Waals surface area (Å²) < 4.78 is 6.57. The van der Waals surface area contributed by atoms with Crippen molar-refractivity contribution in [3.8, 4) is 0 Å². The van der Waals surface area contributed by atoms with Crippen molar-refractivity contribution in [3.63, 3.8) is 0 Å². The van der Waals surface area contributed by atoms with E-state index in [2.05, 4.69) is 10.4 Å². The van der Waals surface area contributed by atoms with Crippen molar-refractivity contribution in [3.05, 3.63) is 12.4 Å².